The molecule has 0 aliphatic carbocycles. The van der Waals surface area contributed by atoms with Gasteiger partial charge in [-0.15, -0.1) is 0 Å². The number of carbonyl (C=O) groups is 2. The summed E-state index contributed by atoms with van der Waals surface area (Å²) in [7, 11) is 1.56. The van der Waals surface area contributed by atoms with Crippen molar-refractivity contribution in [2.75, 3.05) is 13.7 Å². The Morgan fingerprint density at radius 3 is 2.27 bits per heavy atom. The zero-order chi connectivity index (χ0) is 22.3. The highest BCUT2D eigenvalue weighted by Crippen LogP contribution is 2.24. The van der Waals surface area contributed by atoms with Crippen LogP contribution >= 0.6 is 23.2 Å². The van der Waals surface area contributed by atoms with Crippen LogP contribution in [0, 0.1) is 0 Å². The van der Waals surface area contributed by atoms with Gasteiger partial charge in [0.05, 0.1) is 10.0 Å². The van der Waals surface area contributed by atoms with Crippen molar-refractivity contribution < 1.29 is 14.3 Å². The van der Waals surface area contributed by atoms with Crippen molar-refractivity contribution >= 4 is 35.0 Å². The van der Waals surface area contributed by atoms with Crippen molar-refractivity contribution in [2.45, 2.75) is 45.7 Å². The van der Waals surface area contributed by atoms with Crippen molar-refractivity contribution in [3.05, 3.63) is 63.6 Å². The Bertz CT molecular complexity index is 869. The average molecular weight is 451 g/mol. The Kier molecular flexibility index (Phi) is 9.00. The third kappa shape index (κ3) is 6.38. The Morgan fingerprint density at radius 1 is 1.07 bits per heavy atom. The molecule has 1 atom stereocenters. The van der Waals surface area contributed by atoms with Crippen LogP contribution in [0.5, 0.6) is 5.75 Å². The van der Waals surface area contributed by atoms with Crippen molar-refractivity contribution in [3.8, 4) is 5.75 Å². The number of likely N-dealkylation sites (N-methyl/N-ethyl adjacent to an activating group) is 1. The van der Waals surface area contributed by atoms with Gasteiger partial charge in [0.1, 0.15) is 11.8 Å². The first kappa shape index (κ1) is 24.0. The van der Waals surface area contributed by atoms with Gasteiger partial charge in [0.2, 0.25) is 5.91 Å². The lowest BCUT2D eigenvalue weighted by Crippen LogP contribution is -2.49. The topological polar surface area (TPSA) is 58.6 Å². The van der Waals surface area contributed by atoms with Gasteiger partial charge < -0.3 is 15.0 Å². The van der Waals surface area contributed by atoms with Crippen LogP contribution in [0.1, 0.15) is 44.2 Å². The van der Waals surface area contributed by atoms with Crippen LogP contribution in [0.3, 0.4) is 0 Å². The van der Waals surface area contributed by atoms with Crippen LogP contribution in [0.2, 0.25) is 10.0 Å². The van der Waals surface area contributed by atoms with E-state index in [0.29, 0.717) is 28.1 Å². The zero-order valence-electron chi connectivity index (χ0n) is 17.7. The standard InChI is InChI=1S/C23H28Cl2N2O3/c1-5-21(23(29)26-4)27(13-16-6-11-19(24)20(25)12-16)22(28)14-30-18-9-7-17(8-10-18)15(2)3/h6-12,15,21H,5,13-14H2,1-4H3,(H,26,29). The fourth-order valence-electron chi connectivity index (χ4n) is 3.10. The molecule has 0 saturated carbocycles. The first-order chi connectivity index (χ1) is 14.3. The quantitative estimate of drug-likeness (QED) is 0.581. The minimum Gasteiger partial charge on any atom is -0.484 e. The number of hydrogen-bond donors (Lipinski definition) is 1. The van der Waals surface area contributed by atoms with E-state index in [1.165, 1.54) is 10.5 Å². The number of halogens is 2. The summed E-state index contributed by atoms with van der Waals surface area (Å²) in [5.74, 6) is 0.507. The van der Waals surface area contributed by atoms with Gasteiger partial charge in [0, 0.05) is 13.6 Å². The second kappa shape index (κ2) is 11.2. The van der Waals surface area contributed by atoms with Crippen molar-refractivity contribution in [1.82, 2.24) is 10.2 Å². The summed E-state index contributed by atoms with van der Waals surface area (Å²) in [6.07, 6.45) is 0.468. The Labute approximate surface area is 188 Å². The second-order valence-corrected chi connectivity index (χ2v) is 8.14. The van der Waals surface area contributed by atoms with Gasteiger partial charge >= 0.3 is 0 Å². The summed E-state index contributed by atoms with van der Waals surface area (Å²) in [4.78, 5) is 26.9. The summed E-state index contributed by atoms with van der Waals surface area (Å²) < 4.78 is 5.70. The number of ether oxygens (including phenoxy) is 1. The molecule has 2 rings (SSSR count). The van der Waals surface area contributed by atoms with Gasteiger partial charge in [0.25, 0.3) is 5.91 Å². The molecular formula is C23H28Cl2N2O3. The predicted octanol–water partition coefficient (Wildman–Crippen LogP) is 5.05. The molecule has 7 heteroatoms. The van der Waals surface area contributed by atoms with E-state index >= 15 is 0 Å². The van der Waals surface area contributed by atoms with E-state index in [9.17, 15) is 9.59 Å². The smallest absolute Gasteiger partial charge is 0.261 e. The lowest BCUT2D eigenvalue weighted by Gasteiger charge is -2.30. The van der Waals surface area contributed by atoms with Gasteiger partial charge in [-0.25, -0.2) is 0 Å². The molecule has 0 aliphatic rings. The summed E-state index contributed by atoms with van der Waals surface area (Å²) in [5, 5.41) is 3.46. The maximum atomic E-state index is 13.0. The fourth-order valence-corrected chi connectivity index (χ4v) is 3.42. The summed E-state index contributed by atoms with van der Waals surface area (Å²) in [6.45, 7) is 6.14. The Hall–Kier alpha value is -2.24. The number of hydrogen-bond acceptors (Lipinski definition) is 3. The summed E-state index contributed by atoms with van der Waals surface area (Å²) in [5.41, 5.74) is 1.97. The fraction of sp³-hybridized carbons (Fsp3) is 0.391. The molecule has 0 saturated heterocycles. The molecule has 0 radical (unpaired) electrons. The van der Waals surface area contributed by atoms with E-state index in [1.54, 1.807) is 25.2 Å². The van der Waals surface area contributed by atoms with Gasteiger partial charge in [-0.3, -0.25) is 9.59 Å². The molecule has 0 aliphatic heterocycles. The Morgan fingerprint density at radius 2 is 1.73 bits per heavy atom. The maximum Gasteiger partial charge on any atom is 0.261 e. The van der Waals surface area contributed by atoms with E-state index in [1.807, 2.05) is 31.2 Å². The molecule has 0 bridgehead atoms. The lowest BCUT2D eigenvalue weighted by molar-refractivity contribution is -0.142. The van der Waals surface area contributed by atoms with Gasteiger partial charge in [-0.05, 0) is 47.7 Å². The highest BCUT2D eigenvalue weighted by atomic mass is 35.5. The molecule has 2 aromatic carbocycles. The lowest BCUT2D eigenvalue weighted by atomic mass is 10.0. The molecule has 1 unspecified atom stereocenters. The first-order valence-electron chi connectivity index (χ1n) is 9.94. The van der Waals surface area contributed by atoms with E-state index in [2.05, 4.69) is 19.2 Å². The number of carbonyl (C=O) groups excluding carboxylic acids is 2. The molecule has 2 amide bonds. The van der Waals surface area contributed by atoms with Crippen molar-refractivity contribution in [2.24, 2.45) is 0 Å². The zero-order valence-corrected chi connectivity index (χ0v) is 19.3. The molecular weight excluding hydrogens is 423 g/mol. The maximum absolute atomic E-state index is 13.0. The SMILES string of the molecule is CCC(C(=O)NC)N(Cc1ccc(Cl)c(Cl)c1)C(=O)COc1ccc(C(C)C)cc1. The molecule has 5 nitrogen and oxygen atoms in total. The highest BCUT2D eigenvalue weighted by Gasteiger charge is 2.28. The molecule has 0 fully saturated rings. The van der Waals surface area contributed by atoms with Crippen LogP contribution < -0.4 is 10.1 Å². The monoisotopic (exact) mass is 450 g/mol. The molecule has 0 spiro atoms. The minimum atomic E-state index is -0.621. The van der Waals surface area contributed by atoms with Crippen LogP contribution in [0.4, 0.5) is 0 Å². The largest absolute Gasteiger partial charge is 0.484 e. The number of amides is 2. The molecule has 2 aromatic rings. The molecule has 0 heterocycles. The third-order valence-electron chi connectivity index (χ3n) is 4.88. The van der Waals surface area contributed by atoms with Crippen molar-refractivity contribution in [1.29, 1.82) is 0 Å². The van der Waals surface area contributed by atoms with E-state index < -0.39 is 6.04 Å². The van der Waals surface area contributed by atoms with Gasteiger partial charge in [-0.1, -0.05) is 62.2 Å². The number of rotatable bonds is 9. The molecule has 0 aromatic heterocycles. The summed E-state index contributed by atoms with van der Waals surface area (Å²) >= 11 is 12.1. The van der Waals surface area contributed by atoms with Crippen LogP contribution in [0.25, 0.3) is 0 Å². The van der Waals surface area contributed by atoms with Crippen LogP contribution in [-0.4, -0.2) is 36.4 Å². The normalized spacial score (nSPS) is 11.8. The number of nitrogens with zero attached hydrogens (tertiary/aromatic N) is 1. The van der Waals surface area contributed by atoms with Gasteiger partial charge in [0.15, 0.2) is 6.61 Å². The van der Waals surface area contributed by atoms with E-state index in [-0.39, 0.29) is 25.0 Å². The van der Waals surface area contributed by atoms with E-state index in [4.69, 9.17) is 27.9 Å². The molecule has 30 heavy (non-hydrogen) atoms. The molecule has 1 N–H and O–H groups in total. The number of benzene rings is 2. The predicted molar refractivity (Wildman–Crippen MR) is 121 cm³/mol. The summed E-state index contributed by atoms with van der Waals surface area (Å²) in [6, 6.07) is 12.2. The molecule has 162 valence electrons. The van der Waals surface area contributed by atoms with Crippen molar-refractivity contribution in [3.63, 3.8) is 0 Å². The average Bonchev–Trinajstić information content (AvgIpc) is 2.74. The van der Waals surface area contributed by atoms with Gasteiger partial charge in [-0.2, -0.15) is 0 Å². The minimum absolute atomic E-state index is 0.171. The van der Waals surface area contributed by atoms with E-state index in [0.717, 1.165) is 5.56 Å². The number of nitrogens with one attached hydrogen (secondary N) is 1. The highest BCUT2D eigenvalue weighted by molar-refractivity contribution is 6.42. The third-order valence-corrected chi connectivity index (χ3v) is 5.62. The van der Waals surface area contributed by atoms with Crippen LogP contribution in [-0.2, 0) is 16.1 Å². The Balaban J connectivity index is 2.18. The first-order valence-corrected chi connectivity index (χ1v) is 10.7. The van der Waals surface area contributed by atoms with Crippen LogP contribution in [0.15, 0.2) is 42.5 Å². The second-order valence-electron chi connectivity index (χ2n) is 7.32.